The summed E-state index contributed by atoms with van der Waals surface area (Å²) >= 11 is 6.32. The van der Waals surface area contributed by atoms with Crippen LogP contribution < -0.4 is 9.60 Å². The molecule has 316 valence electrons. The van der Waals surface area contributed by atoms with Gasteiger partial charge in [-0.25, -0.2) is 29.2 Å². The molecule has 63 heavy (non-hydrogen) atoms. The second-order valence-electron chi connectivity index (χ2n) is 13.9. The fraction of sp³-hybridized carbons (Fsp3) is 0.125. The van der Waals surface area contributed by atoms with Crippen LogP contribution in [0.1, 0.15) is 41.4 Å². The van der Waals surface area contributed by atoms with Crippen molar-refractivity contribution < 1.29 is 42.9 Å². The largest absolute Gasteiger partial charge is 0.459 e. The monoisotopic (exact) mass is 897 g/mol. The minimum atomic E-state index is -1.58. The van der Waals surface area contributed by atoms with Gasteiger partial charge >= 0.3 is 23.9 Å². The highest BCUT2D eigenvalue weighted by Crippen LogP contribution is 2.32. The predicted molar refractivity (Wildman–Crippen MR) is 236 cm³/mol. The summed E-state index contributed by atoms with van der Waals surface area (Å²) in [4.78, 5) is 66.4. The first-order valence-electron chi connectivity index (χ1n) is 19.6. The molecule has 1 aromatic heterocycles. The Bertz CT molecular complexity index is 2810. The van der Waals surface area contributed by atoms with E-state index in [1.54, 1.807) is 150 Å². The number of benzene rings is 6. The highest BCUT2D eigenvalue weighted by atomic mass is 35.5. The Morgan fingerprint density at radius 2 is 0.952 bits per heavy atom. The molecule has 8 rings (SSSR count). The molecule has 1 fully saturated rings. The number of carbonyl (C=O) groups excluding carboxylic acids is 4. The van der Waals surface area contributed by atoms with Gasteiger partial charge in [-0.05, 0) is 106 Å². The standard InChI is InChI=1S/C48H36ClN3O9S2/c49-35-26-28-37(29-27-35)52-47(50-36-24-14-5-15-25-36)62-63-48(52)51-42-41(61-46(56)34-22-12-4-13-23-34)40(60-45(55)33-20-10-3-11-21-33)39(59-44(54)32-18-8-2-9-19-32)38(58-42)30-57-43(53)31-16-6-1-7-17-31/h1-29,38-42H,30H2/b50-47?,51-48+/t38-,39-,40+,41-,42-/m1/s1. The minimum absolute atomic E-state index is 0.165. The average Bonchev–Trinajstić information content (AvgIpc) is 3.72. The first kappa shape index (κ1) is 42.7. The van der Waals surface area contributed by atoms with E-state index in [4.69, 9.17) is 45.3 Å². The molecule has 0 amide bonds. The van der Waals surface area contributed by atoms with Crippen LogP contribution in [0.25, 0.3) is 5.69 Å². The van der Waals surface area contributed by atoms with Gasteiger partial charge in [0.15, 0.2) is 24.5 Å². The van der Waals surface area contributed by atoms with E-state index in [0.717, 1.165) is 0 Å². The molecule has 7 aromatic rings. The Morgan fingerprint density at radius 3 is 1.46 bits per heavy atom. The Morgan fingerprint density at radius 1 is 0.524 bits per heavy atom. The van der Waals surface area contributed by atoms with E-state index in [-0.39, 0.29) is 22.3 Å². The second kappa shape index (κ2) is 20.3. The third kappa shape index (κ3) is 10.6. The molecule has 0 saturated carbocycles. The topological polar surface area (TPSA) is 144 Å². The number of carbonyl (C=O) groups is 4. The maximum absolute atomic E-state index is 14.1. The van der Waals surface area contributed by atoms with Crippen molar-refractivity contribution in [3.63, 3.8) is 0 Å². The van der Waals surface area contributed by atoms with Crippen LogP contribution in [-0.4, -0.2) is 65.7 Å². The van der Waals surface area contributed by atoms with Crippen molar-refractivity contribution in [2.24, 2.45) is 9.98 Å². The molecule has 15 heteroatoms. The number of halogens is 1. The maximum atomic E-state index is 14.1. The van der Waals surface area contributed by atoms with Gasteiger partial charge in [-0.15, -0.1) is 0 Å². The summed E-state index contributed by atoms with van der Waals surface area (Å²) in [7, 11) is 2.58. The highest BCUT2D eigenvalue weighted by molar-refractivity contribution is 7.67. The molecule has 0 spiro atoms. The number of nitrogens with zero attached hydrogens (tertiary/aromatic N) is 3. The SMILES string of the molecule is O=C(OC[C@H]1O[C@@H](/N=c2/ssc(=Nc3ccccc3)n2-c2ccc(Cl)cc2)[C@H](OC(=O)c2ccccc2)[C@@H](OC(=O)c2ccccc2)[C@@H]1OC(=O)c1ccccc1)c1ccccc1. The summed E-state index contributed by atoms with van der Waals surface area (Å²) in [5.74, 6) is -3.11. The fourth-order valence-electron chi connectivity index (χ4n) is 6.56. The number of ether oxygens (including phenoxy) is 5. The van der Waals surface area contributed by atoms with Gasteiger partial charge in [0.1, 0.15) is 12.7 Å². The zero-order valence-electron chi connectivity index (χ0n) is 33.0. The van der Waals surface area contributed by atoms with Gasteiger partial charge in [0.25, 0.3) is 0 Å². The van der Waals surface area contributed by atoms with Crippen LogP contribution in [0, 0.1) is 0 Å². The van der Waals surface area contributed by atoms with Crippen molar-refractivity contribution in [2.45, 2.75) is 30.6 Å². The summed E-state index contributed by atoms with van der Waals surface area (Å²) in [5.41, 5.74) is 2.11. The molecular formula is C48H36ClN3O9S2. The lowest BCUT2D eigenvalue weighted by molar-refractivity contribution is -0.227. The molecule has 0 bridgehead atoms. The third-order valence-electron chi connectivity index (χ3n) is 9.63. The molecule has 0 N–H and O–H groups in total. The Kier molecular flexibility index (Phi) is 13.7. The number of hydrogen-bond donors (Lipinski definition) is 0. The number of esters is 4. The van der Waals surface area contributed by atoms with Crippen molar-refractivity contribution in [3.05, 3.63) is 213 Å². The number of rotatable bonds is 12. The summed E-state index contributed by atoms with van der Waals surface area (Å²) < 4.78 is 33.0. The molecule has 6 aromatic carbocycles. The van der Waals surface area contributed by atoms with Crippen LogP contribution in [-0.2, 0) is 23.7 Å². The molecule has 1 saturated heterocycles. The number of para-hydroxylation sites is 1. The van der Waals surface area contributed by atoms with E-state index in [2.05, 4.69) is 0 Å². The first-order chi connectivity index (χ1) is 30.8. The molecule has 12 nitrogen and oxygen atoms in total. The van der Waals surface area contributed by atoms with E-state index in [0.29, 0.717) is 26.0 Å². The molecule has 0 radical (unpaired) electrons. The molecule has 5 atom stereocenters. The molecule has 0 unspecified atom stereocenters. The van der Waals surface area contributed by atoms with Crippen LogP contribution in [0.15, 0.2) is 186 Å². The maximum Gasteiger partial charge on any atom is 0.338 e. The predicted octanol–water partition coefficient (Wildman–Crippen LogP) is 8.65. The van der Waals surface area contributed by atoms with Crippen molar-refractivity contribution in [1.29, 1.82) is 0 Å². The zero-order chi connectivity index (χ0) is 43.5. The van der Waals surface area contributed by atoms with Crippen molar-refractivity contribution >= 4 is 61.8 Å². The van der Waals surface area contributed by atoms with E-state index in [9.17, 15) is 19.2 Å². The highest BCUT2D eigenvalue weighted by Gasteiger charge is 2.53. The Hall–Kier alpha value is -6.97. The second-order valence-corrected chi connectivity index (χ2v) is 16.4. The molecule has 1 aliphatic heterocycles. The summed E-state index contributed by atoms with van der Waals surface area (Å²) in [6.07, 6.45) is -7.46. The van der Waals surface area contributed by atoms with Crippen LogP contribution in [0.5, 0.6) is 0 Å². The quantitative estimate of drug-likeness (QED) is 0.0669. The van der Waals surface area contributed by atoms with Gasteiger partial charge in [-0.1, -0.05) is 103 Å². The summed E-state index contributed by atoms with van der Waals surface area (Å²) in [6.45, 7) is -0.496. The van der Waals surface area contributed by atoms with Gasteiger partial charge < -0.3 is 23.7 Å². The van der Waals surface area contributed by atoms with Crippen LogP contribution >= 0.6 is 32.3 Å². The smallest absolute Gasteiger partial charge is 0.338 e. The van der Waals surface area contributed by atoms with Gasteiger partial charge in [0.2, 0.25) is 9.60 Å². The molecule has 2 heterocycles. The van der Waals surface area contributed by atoms with Gasteiger partial charge in [0.05, 0.1) is 33.6 Å². The third-order valence-corrected chi connectivity index (χ3v) is 12.0. The van der Waals surface area contributed by atoms with Gasteiger partial charge in [0, 0.05) is 5.02 Å². The van der Waals surface area contributed by atoms with Gasteiger partial charge in [-0.2, -0.15) is 0 Å². The average molecular weight is 898 g/mol. The van der Waals surface area contributed by atoms with Gasteiger partial charge in [-0.3, -0.25) is 4.57 Å². The lowest BCUT2D eigenvalue weighted by Crippen LogP contribution is -2.62. The zero-order valence-corrected chi connectivity index (χ0v) is 35.4. The molecular weight excluding hydrogens is 862 g/mol. The van der Waals surface area contributed by atoms with Crippen LogP contribution in [0.3, 0.4) is 0 Å². The van der Waals surface area contributed by atoms with Crippen molar-refractivity contribution in [3.8, 4) is 5.69 Å². The van der Waals surface area contributed by atoms with E-state index >= 15 is 0 Å². The van der Waals surface area contributed by atoms with E-state index in [1.807, 2.05) is 30.3 Å². The van der Waals surface area contributed by atoms with Crippen LogP contribution in [0.4, 0.5) is 5.69 Å². The number of aromatic nitrogens is 1. The minimum Gasteiger partial charge on any atom is -0.459 e. The Balaban J connectivity index is 1.30. The van der Waals surface area contributed by atoms with Crippen LogP contribution in [0.2, 0.25) is 5.02 Å². The van der Waals surface area contributed by atoms with E-state index < -0.39 is 61.1 Å². The summed E-state index contributed by atoms with van der Waals surface area (Å²) in [5, 5.41) is 0.508. The normalized spacial score (nSPS) is 18.8. The lowest BCUT2D eigenvalue weighted by Gasteiger charge is -2.43. The van der Waals surface area contributed by atoms with E-state index in [1.165, 1.54) is 20.7 Å². The Labute approximate surface area is 373 Å². The first-order valence-corrected chi connectivity index (χ1v) is 22.1. The lowest BCUT2D eigenvalue weighted by atomic mass is 9.97. The molecule has 0 aliphatic carbocycles. The number of hydrogen-bond acceptors (Lipinski definition) is 13. The van der Waals surface area contributed by atoms with Crippen molar-refractivity contribution in [2.75, 3.05) is 6.61 Å². The summed E-state index contributed by atoms with van der Waals surface area (Å²) in [6, 6.07) is 49.3. The van der Waals surface area contributed by atoms with Crippen molar-refractivity contribution in [1.82, 2.24) is 4.57 Å². The molecule has 1 aliphatic rings. The fourth-order valence-corrected chi connectivity index (χ4v) is 8.85.